The van der Waals surface area contributed by atoms with Crippen LogP contribution < -0.4 is 5.32 Å². The lowest BCUT2D eigenvalue weighted by Gasteiger charge is -2.19. The Bertz CT molecular complexity index is 622. The van der Waals surface area contributed by atoms with Crippen molar-refractivity contribution >= 4 is 0 Å². The molecule has 1 aliphatic heterocycles. The van der Waals surface area contributed by atoms with Crippen LogP contribution in [-0.2, 0) is 19.4 Å². The molecule has 2 aromatic heterocycles. The molecule has 0 bridgehead atoms. The molecule has 3 heterocycles. The summed E-state index contributed by atoms with van der Waals surface area (Å²) in [6, 6.07) is 4.05. The van der Waals surface area contributed by atoms with Crippen molar-refractivity contribution in [3.05, 3.63) is 40.8 Å². The van der Waals surface area contributed by atoms with E-state index < -0.39 is 0 Å². The van der Waals surface area contributed by atoms with E-state index in [4.69, 9.17) is 9.97 Å². The molecule has 3 rings (SSSR count). The molecule has 2 aromatic rings. The molecule has 104 valence electrons. The maximum absolute atomic E-state index is 4.79. The number of nitrogens with zero attached hydrogens (tertiary/aromatic N) is 3. The molecule has 0 fully saturated rings. The number of hydrogen-bond acceptors (Lipinski definition) is 4. The molecule has 0 aromatic carbocycles. The first-order chi connectivity index (χ1) is 9.78. The van der Waals surface area contributed by atoms with Gasteiger partial charge in [-0.05, 0) is 49.6 Å². The zero-order valence-electron chi connectivity index (χ0n) is 12.1. The van der Waals surface area contributed by atoms with Gasteiger partial charge < -0.3 is 5.32 Å². The zero-order chi connectivity index (χ0) is 13.9. The van der Waals surface area contributed by atoms with Crippen molar-refractivity contribution < 1.29 is 0 Å². The van der Waals surface area contributed by atoms with E-state index in [0.29, 0.717) is 0 Å². The van der Waals surface area contributed by atoms with E-state index >= 15 is 0 Å². The van der Waals surface area contributed by atoms with Gasteiger partial charge in [0.25, 0.3) is 0 Å². The Morgan fingerprint density at radius 1 is 1.30 bits per heavy atom. The number of pyridine rings is 1. The molecule has 0 saturated heterocycles. The van der Waals surface area contributed by atoms with E-state index in [1.165, 1.54) is 16.8 Å². The van der Waals surface area contributed by atoms with Gasteiger partial charge in [-0.2, -0.15) is 0 Å². The molecular weight excluding hydrogens is 248 g/mol. The summed E-state index contributed by atoms with van der Waals surface area (Å²) in [7, 11) is 0. The van der Waals surface area contributed by atoms with E-state index in [9.17, 15) is 0 Å². The van der Waals surface area contributed by atoms with Gasteiger partial charge in [0, 0.05) is 18.4 Å². The van der Waals surface area contributed by atoms with E-state index in [1.54, 1.807) is 0 Å². The SMILES string of the molecule is CCCc1nc(-c2cc(C)ccn2)nc2c1CCNC2. The average Bonchev–Trinajstić information content (AvgIpc) is 2.47. The molecule has 1 aliphatic rings. The lowest BCUT2D eigenvalue weighted by atomic mass is 10.0. The van der Waals surface area contributed by atoms with Crippen molar-refractivity contribution in [3.8, 4) is 11.5 Å². The molecule has 0 spiro atoms. The maximum atomic E-state index is 4.79. The van der Waals surface area contributed by atoms with Gasteiger partial charge in [0.05, 0.1) is 5.69 Å². The second-order valence-corrected chi connectivity index (χ2v) is 5.31. The molecule has 0 saturated carbocycles. The third-order valence-electron chi connectivity index (χ3n) is 3.65. The third-order valence-corrected chi connectivity index (χ3v) is 3.65. The van der Waals surface area contributed by atoms with Crippen LogP contribution in [0.5, 0.6) is 0 Å². The summed E-state index contributed by atoms with van der Waals surface area (Å²) in [5.41, 5.74) is 5.76. The predicted molar refractivity (Wildman–Crippen MR) is 79.4 cm³/mol. The standard InChI is InChI=1S/C16H20N4/c1-3-4-13-12-6-7-17-10-15(12)20-16(19-13)14-9-11(2)5-8-18-14/h5,8-9,17H,3-4,6-7,10H2,1-2H3. The van der Waals surface area contributed by atoms with Crippen LogP contribution >= 0.6 is 0 Å². The predicted octanol–water partition coefficient (Wildman–Crippen LogP) is 2.45. The van der Waals surface area contributed by atoms with Crippen LogP contribution in [-0.4, -0.2) is 21.5 Å². The summed E-state index contributed by atoms with van der Waals surface area (Å²) >= 11 is 0. The van der Waals surface area contributed by atoms with Crippen LogP contribution in [0.1, 0.15) is 35.9 Å². The molecule has 0 unspecified atom stereocenters. The highest BCUT2D eigenvalue weighted by atomic mass is 15.0. The topological polar surface area (TPSA) is 50.7 Å². The van der Waals surface area contributed by atoms with Crippen LogP contribution in [0, 0.1) is 6.92 Å². The molecule has 0 atom stereocenters. The fourth-order valence-corrected chi connectivity index (χ4v) is 2.65. The summed E-state index contributed by atoms with van der Waals surface area (Å²) in [6.07, 6.45) is 4.98. The second-order valence-electron chi connectivity index (χ2n) is 5.31. The number of hydrogen-bond donors (Lipinski definition) is 1. The highest BCUT2D eigenvalue weighted by molar-refractivity contribution is 5.51. The molecule has 0 aliphatic carbocycles. The quantitative estimate of drug-likeness (QED) is 0.929. The van der Waals surface area contributed by atoms with Crippen molar-refractivity contribution in [1.29, 1.82) is 0 Å². The Hall–Kier alpha value is -1.81. The Morgan fingerprint density at radius 2 is 2.20 bits per heavy atom. The highest BCUT2D eigenvalue weighted by Gasteiger charge is 2.18. The largest absolute Gasteiger partial charge is 0.311 e. The van der Waals surface area contributed by atoms with Crippen LogP contribution in [0.25, 0.3) is 11.5 Å². The Balaban J connectivity index is 2.10. The molecule has 20 heavy (non-hydrogen) atoms. The Kier molecular flexibility index (Phi) is 3.74. The van der Waals surface area contributed by atoms with Crippen molar-refractivity contribution in [3.63, 3.8) is 0 Å². The van der Waals surface area contributed by atoms with Gasteiger partial charge in [-0.25, -0.2) is 9.97 Å². The summed E-state index contributed by atoms with van der Waals surface area (Å²) in [4.78, 5) is 13.9. The van der Waals surface area contributed by atoms with E-state index in [0.717, 1.165) is 49.6 Å². The first-order valence-corrected chi connectivity index (χ1v) is 7.30. The van der Waals surface area contributed by atoms with Gasteiger partial charge in [0.15, 0.2) is 5.82 Å². The van der Waals surface area contributed by atoms with Gasteiger partial charge in [-0.3, -0.25) is 4.98 Å². The van der Waals surface area contributed by atoms with Crippen LogP contribution in [0.3, 0.4) is 0 Å². The summed E-state index contributed by atoms with van der Waals surface area (Å²) < 4.78 is 0. The van der Waals surface area contributed by atoms with E-state index in [-0.39, 0.29) is 0 Å². The van der Waals surface area contributed by atoms with Gasteiger partial charge in [0.2, 0.25) is 0 Å². The fraction of sp³-hybridized carbons (Fsp3) is 0.438. The van der Waals surface area contributed by atoms with Crippen LogP contribution in [0.15, 0.2) is 18.3 Å². The zero-order valence-corrected chi connectivity index (χ0v) is 12.1. The number of rotatable bonds is 3. The van der Waals surface area contributed by atoms with Crippen molar-refractivity contribution in [1.82, 2.24) is 20.3 Å². The van der Waals surface area contributed by atoms with Gasteiger partial charge in [0.1, 0.15) is 5.69 Å². The van der Waals surface area contributed by atoms with Gasteiger partial charge in [-0.15, -0.1) is 0 Å². The smallest absolute Gasteiger partial charge is 0.178 e. The van der Waals surface area contributed by atoms with Crippen LogP contribution in [0.4, 0.5) is 0 Å². The number of aryl methyl sites for hydroxylation is 2. The fourth-order valence-electron chi connectivity index (χ4n) is 2.65. The highest BCUT2D eigenvalue weighted by Crippen LogP contribution is 2.21. The molecular formula is C16H20N4. The molecule has 0 radical (unpaired) electrons. The Morgan fingerprint density at radius 3 is 3.00 bits per heavy atom. The van der Waals surface area contributed by atoms with E-state index in [2.05, 4.69) is 24.1 Å². The molecule has 4 heteroatoms. The lowest BCUT2D eigenvalue weighted by molar-refractivity contribution is 0.614. The number of aromatic nitrogens is 3. The first-order valence-electron chi connectivity index (χ1n) is 7.30. The first kappa shape index (κ1) is 13.2. The average molecular weight is 268 g/mol. The van der Waals surface area contributed by atoms with Crippen LogP contribution in [0.2, 0.25) is 0 Å². The number of nitrogens with one attached hydrogen (secondary N) is 1. The van der Waals surface area contributed by atoms with Crippen molar-refractivity contribution in [2.45, 2.75) is 39.7 Å². The molecule has 4 nitrogen and oxygen atoms in total. The monoisotopic (exact) mass is 268 g/mol. The molecule has 1 N–H and O–H groups in total. The summed E-state index contributed by atoms with van der Waals surface area (Å²) in [6.45, 7) is 6.13. The third kappa shape index (κ3) is 2.56. The van der Waals surface area contributed by atoms with E-state index in [1.807, 2.05) is 18.3 Å². The molecule has 0 amide bonds. The summed E-state index contributed by atoms with van der Waals surface area (Å²) in [5, 5.41) is 3.39. The van der Waals surface area contributed by atoms with Gasteiger partial charge >= 0.3 is 0 Å². The second kappa shape index (κ2) is 5.67. The lowest BCUT2D eigenvalue weighted by Crippen LogP contribution is -2.26. The van der Waals surface area contributed by atoms with Crippen molar-refractivity contribution in [2.75, 3.05) is 6.54 Å². The minimum absolute atomic E-state index is 0.764. The number of fused-ring (bicyclic) bond motifs is 1. The minimum atomic E-state index is 0.764. The Labute approximate surface area is 119 Å². The maximum Gasteiger partial charge on any atom is 0.178 e. The normalized spacial score (nSPS) is 14.1. The van der Waals surface area contributed by atoms with Crippen molar-refractivity contribution in [2.24, 2.45) is 0 Å². The summed E-state index contributed by atoms with van der Waals surface area (Å²) in [5.74, 6) is 0.764. The minimum Gasteiger partial charge on any atom is -0.311 e. The van der Waals surface area contributed by atoms with Gasteiger partial charge in [-0.1, -0.05) is 13.3 Å².